The largest absolute Gasteiger partial charge is 0.467 e. The number of halogens is 2. The van der Waals surface area contributed by atoms with Crippen LogP contribution in [0.1, 0.15) is 12.5 Å². The molecule has 0 aliphatic rings. The highest BCUT2D eigenvalue weighted by molar-refractivity contribution is 6.38. The first-order chi connectivity index (χ1) is 10.2. The van der Waals surface area contributed by atoms with E-state index in [0.717, 1.165) is 5.56 Å². The van der Waals surface area contributed by atoms with Gasteiger partial charge in [0.25, 0.3) is 0 Å². The molecule has 0 fully saturated rings. The maximum Gasteiger partial charge on any atom is 0.189 e. The third-order valence-corrected chi connectivity index (χ3v) is 3.53. The number of ether oxygens (including phenoxy) is 2. The summed E-state index contributed by atoms with van der Waals surface area (Å²) < 4.78 is 10.8. The Morgan fingerprint density at radius 1 is 1.19 bits per heavy atom. The van der Waals surface area contributed by atoms with Gasteiger partial charge in [0.05, 0.1) is 15.6 Å². The Balaban J connectivity index is 2.56. The summed E-state index contributed by atoms with van der Waals surface area (Å²) in [5, 5.41) is 9.73. The van der Waals surface area contributed by atoms with Crippen molar-refractivity contribution in [2.75, 3.05) is 13.4 Å². The topological polar surface area (TPSA) is 42.2 Å². The van der Waals surface area contributed by atoms with Gasteiger partial charge in [0, 0.05) is 18.2 Å². The number of nitrogens with zero attached hydrogens (tertiary/aromatic N) is 1. The Hall–Kier alpha value is -1.73. The smallest absolute Gasteiger partial charge is 0.189 e. The first-order valence-electron chi connectivity index (χ1n) is 6.37. The van der Waals surface area contributed by atoms with E-state index in [4.69, 9.17) is 32.7 Å². The van der Waals surface area contributed by atoms with Crippen molar-refractivity contribution in [3.8, 4) is 22.9 Å². The van der Waals surface area contributed by atoms with E-state index < -0.39 is 0 Å². The number of rotatable bonds is 5. The third-order valence-electron chi connectivity index (χ3n) is 2.86. The quantitative estimate of drug-likeness (QED) is 0.580. The molecule has 0 atom stereocenters. The molecule has 2 rings (SSSR count). The molecule has 2 aromatic carbocycles. The minimum Gasteiger partial charge on any atom is -0.467 e. The van der Waals surface area contributed by atoms with Crippen molar-refractivity contribution in [3.05, 3.63) is 52.0 Å². The number of hydrogen-bond donors (Lipinski definition) is 0. The molecule has 108 valence electrons. The van der Waals surface area contributed by atoms with Gasteiger partial charge in [0.2, 0.25) is 0 Å². The zero-order chi connectivity index (χ0) is 15.2. The highest BCUT2D eigenvalue weighted by Crippen LogP contribution is 2.41. The fourth-order valence-corrected chi connectivity index (χ4v) is 2.51. The van der Waals surface area contributed by atoms with Crippen LogP contribution in [0, 0.1) is 11.3 Å². The maximum absolute atomic E-state index is 9.19. The van der Waals surface area contributed by atoms with Crippen LogP contribution in [0.3, 0.4) is 0 Å². The van der Waals surface area contributed by atoms with E-state index in [1.165, 1.54) is 0 Å². The zero-order valence-electron chi connectivity index (χ0n) is 11.4. The second-order valence-corrected chi connectivity index (χ2v) is 4.94. The Labute approximate surface area is 133 Å². The van der Waals surface area contributed by atoms with E-state index in [1.54, 1.807) is 6.07 Å². The lowest BCUT2D eigenvalue weighted by Crippen LogP contribution is -2.04. The summed E-state index contributed by atoms with van der Waals surface area (Å²) >= 11 is 12.4. The van der Waals surface area contributed by atoms with E-state index in [9.17, 15) is 5.26 Å². The van der Waals surface area contributed by atoms with Gasteiger partial charge in [-0.15, -0.1) is 0 Å². The van der Waals surface area contributed by atoms with Crippen molar-refractivity contribution in [3.63, 3.8) is 0 Å². The van der Waals surface area contributed by atoms with Crippen LogP contribution >= 0.6 is 23.2 Å². The molecule has 0 heterocycles. The lowest BCUT2D eigenvalue weighted by Gasteiger charge is -2.15. The molecule has 0 amide bonds. The fraction of sp³-hybridized carbons (Fsp3) is 0.188. The van der Waals surface area contributed by atoms with E-state index in [2.05, 4.69) is 0 Å². The molecule has 21 heavy (non-hydrogen) atoms. The molecule has 0 unspecified atom stereocenters. The van der Waals surface area contributed by atoms with Gasteiger partial charge in [-0.05, 0) is 12.5 Å². The van der Waals surface area contributed by atoms with Crippen LogP contribution in [0.4, 0.5) is 0 Å². The molecule has 3 nitrogen and oxygen atoms in total. The summed E-state index contributed by atoms with van der Waals surface area (Å²) in [6.45, 7) is 2.51. The summed E-state index contributed by atoms with van der Waals surface area (Å²) in [6, 6.07) is 13.1. The van der Waals surface area contributed by atoms with Crippen LogP contribution in [0.2, 0.25) is 10.0 Å². The highest BCUT2D eigenvalue weighted by Gasteiger charge is 2.18. The van der Waals surface area contributed by atoms with Gasteiger partial charge in [0.1, 0.15) is 11.8 Å². The molecule has 0 aromatic heterocycles. The standard InChI is InChI=1S/C16H13Cl2NO2/c1-2-20-10-21-14-8-13(17)12(9-19)16(18)15(14)11-6-4-3-5-7-11/h3-8H,2,10H2,1H3. The van der Waals surface area contributed by atoms with Crippen LogP contribution in [0.5, 0.6) is 5.75 Å². The van der Waals surface area contributed by atoms with E-state index in [-0.39, 0.29) is 22.4 Å². The first kappa shape index (κ1) is 15.7. The minimum absolute atomic E-state index is 0.0922. The Morgan fingerprint density at radius 3 is 2.52 bits per heavy atom. The molecule has 5 heteroatoms. The monoisotopic (exact) mass is 321 g/mol. The van der Waals surface area contributed by atoms with E-state index in [1.807, 2.05) is 43.3 Å². The number of hydrogen-bond acceptors (Lipinski definition) is 3. The normalized spacial score (nSPS) is 10.2. The Bertz CT molecular complexity index is 666. The molecule has 0 radical (unpaired) electrons. The van der Waals surface area contributed by atoms with Crippen LogP contribution in [-0.4, -0.2) is 13.4 Å². The minimum atomic E-state index is 0.0922. The second-order valence-electron chi connectivity index (χ2n) is 4.15. The first-order valence-corrected chi connectivity index (χ1v) is 7.12. The Morgan fingerprint density at radius 2 is 1.90 bits per heavy atom. The van der Waals surface area contributed by atoms with Crippen LogP contribution in [0.15, 0.2) is 36.4 Å². The SMILES string of the molecule is CCOCOc1cc(Cl)c(C#N)c(Cl)c1-c1ccccc1. The van der Waals surface area contributed by atoms with E-state index >= 15 is 0 Å². The molecule has 0 bridgehead atoms. The Kier molecular flexibility index (Phi) is 5.46. The van der Waals surface area contributed by atoms with Crippen molar-refractivity contribution in [2.24, 2.45) is 0 Å². The maximum atomic E-state index is 9.19. The van der Waals surface area contributed by atoms with Gasteiger partial charge < -0.3 is 9.47 Å². The van der Waals surface area contributed by atoms with Crippen LogP contribution in [-0.2, 0) is 4.74 Å². The zero-order valence-corrected chi connectivity index (χ0v) is 12.9. The molecule has 0 aliphatic carbocycles. The highest BCUT2D eigenvalue weighted by atomic mass is 35.5. The lowest BCUT2D eigenvalue weighted by atomic mass is 10.0. The van der Waals surface area contributed by atoms with Crippen molar-refractivity contribution in [2.45, 2.75) is 6.92 Å². The molecule has 2 aromatic rings. The molecular formula is C16H13Cl2NO2. The van der Waals surface area contributed by atoms with Gasteiger partial charge >= 0.3 is 0 Å². The van der Waals surface area contributed by atoms with Crippen molar-refractivity contribution in [1.29, 1.82) is 5.26 Å². The average Bonchev–Trinajstić information content (AvgIpc) is 2.48. The fourth-order valence-electron chi connectivity index (χ4n) is 1.88. The summed E-state index contributed by atoms with van der Waals surface area (Å²) in [5.41, 5.74) is 1.72. The summed E-state index contributed by atoms with van der Waals surface area (Å²) in [5.74, 6) is 0.489. The third kappa shape index (κ3) is 3.48. The van der Waals surface area contributed by atoms with E-state index in [0.29, 0.717) is 17.9 Å². The molecule has 0 saturated carbocycles. The van der Waals surface area contributed by atoms with Crippen molar-refractivity contribution in [1.82, 2.24) is 0 Å². The average molecular weight is 322 g/mol. The van der Waals surface area contributed by atoms with Crippen LogP contribution < -0.4 is 4.74 Å². The van der Waals surface area contributed by atoms with Crippen molar-refractivity contribution < 1.29 is 9.47 Å². The van der Waals surface area contributed by atoms with Gasteiger partial charge in [-0.2, -0.15) is 5.26 Å². The predicted octanol–water partition coefficient (Wildman–Crippen LogP) is 4.90. The number of nitriles is 1. The summed E-state index contributed by atoms with van der Waals surface area (Å²) in [7, 11) is 0. The summed E-state index contributed by atoms with van der Waals surface area (Å²) in [6.07, 6.45) is 0. The molecular weight excluding hydrogens is 309 g/mol. The molecule has 0 aliphatic heterocycles. The van der Waals surface area contributed by atoms with Gasteiger partial charge in [-0.1, -0.05) is 53.5 Å². The molecule has 0 spiro atoms. The van der Waals surface area contributed by atoms with Gasteiger partial charge in [0.15, 0.2) is 6.79 Å². The van der Waals surface area contributed by atoms with Gasteiger partial charge in [-0.25, -0.2) is 0 Å². The number of benzene rings is 2. The molecule has 0 N–H and O–H groups in total. The predicted molar refractivity (Wildman–Crippen MR) is 83.7 cm³/mol. The second kappa shape index (κ2) is 7.33. The van der Waals surface area contributed by atoms with Crippen LogP contribution in [0.25, 0.3) is 11.1 Å². The van der Waals surface area contributed by atoms with Crippen molar-refractivity contribution >= 4 is 23.2 Å². The summed E-state index contributed by atoms with van der Waals surface area (Å²) in [4.78, 5) is 0. The van der Waals surface area contributed by atoms with Gasteiger partial charge in [-0.3, -0.25) is 0 Å². The molecule has 0 saturated heterocycles. The lowest BCUT2D eigenvalue weighted by molar-refractivity contribution is 0.0228.